The maximum absolute atomic E-state index is 14.6. The van der Waals surface area contributed by atoms with Crippen LogP contribution in [0.2, 0.25) is 0 Å². The number of carboxylic acids is 1. The molecule has 1 aliphatic heterocycles. The van der Waals surface area contributed by atoms with Crippen LogP contribution in [0.15, 0.2) is 30.3 Å². The number of ether oxygens (including phenoxy) is 3. The Bertz CT molecular complexity index is 1410. The topological polar surface area (TPSA) is 103 Å². The Balaban J connectivity index is 1.63. The fourth-order valence-electron chi connectivity index (χ4n) is 6.34. The van der Waals surface area contributed by atoms with E-state index < -0.39 is 23.8 Å². The largest absolute Gasteiger partial charge is 0.494 e. The predicted molar refractivity (Wildman–Crippen MR) is 148 cm³/mol. The Morgan fingerprint density at radius 1 is 1.10 bits per heavy atom. The van der Waals surface area contributed by atoms with Crippen molar-refractivity contribution in [3.05, 3.63) is 53.1 Å². The van der Waals surface area contributed by atoms with Gasteiger partial charge in [0.15, 0.2) is 11.6 Å². The summed E-state index contributed by atoms with van der Waals surface area (Å²) < 4.78 is 32.4. The van der Waals surface area contributed by atoms with Gasteiger partial charge in [-0.05, 0) is 75.3 Å². The summed E-state index contributed by atoms with van der Waals surface area (Å²) in [7, 11) is 4.48. The Morgan fingerprint density at radius 3 is 2.48 bits per heavy atom. The number of carbonyl (C=O) groups excluding carboxylic acids is 1. The number of aromatic nitrogens is 2. The Morgan fingerprint density at radius 2 is 1.85 bits per heavy atom. The number of imidazole rings is 1. The number of nitrogens with zero attached hydrogens (tertiary/aromatic N) is 3. The van der Waals surface area contributed by atoms with Crippen LogP contribution in [0.25, 0.3) is 11.0 Å². The van der Waals surface area contributed by atoms with Crippen LogP contribution in [0.1, 0.15) is 67.9 Å². The van der Waals surface area contributed by atoms with Gasteiger partial charge < -0.3 is 23.9 Å². The number of carboxylic acid groups (broad SMARTS) is 1. The molecule has 0 spiro atoms. The van der Waals surface area contributed by atoms with E-state index in [1.807, 2.05) is 19.1 Å². The highest BCUT2D eigenvalue weighted by molar-refractivity contribution is 5.95. The summed E-state index contributed by atoms with van der Waals surface area (Å²) in [5, 5.41) is 10.2. The van der Waals surface area contributed by atoms with Gasteiger partial charge in [-0.25, -0.2) is 14.2 Å². The van der Waals surface area contributed by atoms with Crippen molar-refractivity contribution in [2.75, 3.05) is 26.2 Å². The van der Waals surface area contributed by atoms with Gasteiger partial charge in [0.25, 0.3) is 0 Å². The lowest BCUT2D eigenvalue weighted by atomic mass is 9.91. The third-order valence-electron chi connectivity index (χ3n) is 8.50. The summed E-state index contributed by atoms with van der Waals surface area (Å²) in [6.45, 7) is 1.99. The number of amides is 1. The normalized spacial score (nSPS) is 21.6. The second kappa shape index (κ2) is 11.4. The lowest BCUT2D eigenvalue weighted by Crippen LogP contribution is -2.42. The molecule has 40 heavy (non-hydrogen) atoms. The molecular weight excluding hydrogens is 517 g/mol. The van der Waals surface area contributed by atoms with Crippen LogP contribution < -0.4 is 9.64 Å². The molecule has 1 fully saturated rings. The molecule has 0 radical (unpaired) electrons. The number of anilines is 1. The van der Waals surface area contributed by atoms with E-state index in [0.29, 0.717) is 11.4 Å². The Kier molecular flexibility index (Phi) is 7.98. The molecule has 214 valence electrons. The first-order valence-electron chi connectivity index (χ1n) is 13.8. The molecule has 1 N–H and O–H groups in total. The van der Waals surface area contributed by atoms with Crippen LogP contribution in [0.5, 0.6) is 5.75 Å². The minimum Gasteiger partial charge on any atom is -0.494 e. The number of aryl methyl sites for hydroxylation is 1. The second-order valence-corrected chi connectivity index (χ2v) is 10.7. The summed E-state index contributed by atoms with van der Waals surface area (Å²) in [5.74, 6) is -1.97. The molecule has 2 aromatic carbocycles. The number of hydrogen-bond acceptors (Lipinski definition) is 6. The van der Waals surface area contributed by atoms with Gasteiger partial charge in [0.1, 0.15) is 5.82 Å². The fraction of sp³-hybridized carbons (Fsp3) is 0.500. The predicted octanol–water partition coefficient (Wildman–Crippen LogP) is 5.63. The molecular formula is C30H36FN3O6. The number of methoxy groups -OCH3 is 3. The molecule has 1 amide bonds. The van der Waals surface area contributed by atoms with Crippen molar-refractivity contribution in [2.45, 2.75) is 76.0 Å². The van der Waals surface area contributed by atoms with Crippen LogP contribution in [0.3, 0.4) is 0 Å². The van der Waals surface area contributed by atoms with Crippen LogP contribution in [0, 0.1) is 5.82 Å². The van der Waals surface area contributed by atoms with Gasteiger partial charge in [-0.15, -0.1) is 0 Å². The molecule has 0 bridgehead atoms. The zero-order valence-electron chi connectivity index (χ0n) is 23.4. The van der Waals surface area contributed by atoms with Crippen molar-refractivity contribution < 1.29 is 33.3 Å². The number of halogens is 1. The minimum atomic E-state index is -1.06. The molecule has 2 heterocycles. The summed E-state index contributed by atoms with van der Waals surface area (Å²) in [6, 6.07) is 8.29. The van der Waals surface area contributed by atoms with E-state index in [-0.39, 0.29) is 30.4 Å². The first-order chi connectivity index (χ1) is 19.3. The second-order valence-electron chi connectivity index (χ2n) is 10.7. The van der Waals surface area contributed by atoms with Crippen LogP contribution >= 0.6 is 0 Å². The van der Waals surface area contributed by atoms with Gasteiger partial charge in [-0.3, -0.25) is 9.69 Å². The molecule has 1 saturated carbocycles. The fourth-order valence-corrected chi connectivity index (χ4v) is 6.34. The van der Waals surface area contributed by atoms with Crippen LogP contribution in [-0.2, 0) is 27.1 Å². The first-order valence-corrected chi connectivity index (χ1v) is 13.8. The van der Waals surface area contributed by atoms with E-state index in [0.717, 1.165) is 60.8 Å². The highest BCUT2D eigenvalue weighted by Gasteiger charge is 2.34. The summed E-state index contributed by atoms with van der Waals surface area (Å²) in [4.78, 5) is 31.9. The molecule has 0 saturated heterocycles. The first kappa shape index (κ1) is 27.9. The van der Waals surface area contributed by atoms with E-state index in [2.05, 4.69) is 4.57 Å². The van der Waals surface area contributed by atoms with E-state index in [9.17, 15) is 19.1 Å². The monoisotopic (exact) mass is 553 g/mol. The van der Waals surface area contributed by atoms with E-state index in [1.165, 1.54) is 26.4 Å². The molecule has 3 aromatic rings. The van der Waals surface area contributed by atoms with Crippen molar-refractivity contribution in [3.63, 3.8) is 0 Å². The lowest BCUT2D eigenvalue weighted by Gasteiger charge is -2.34. The van der Waals surface area contributed by atoms with Gasteiger partial charge in [0, 0.05) is 31.2 Å². The Hall–Kier alpha value is -3.66. The minimum absolute atomic E-state index is 0.0235. The Labute approximate surface area is 232 Å². The van der Waals surface area contributed by atoms with Crippen LogP contribution in [-0.4, -0.2) is 60.2 Å². The quantitative estimate of drug-likeness (QED) is 0.404. The third kappa shape index (κ3) is 5.00. The van der Waals surface area contributed by atoms with Gasteiger partial charge in [0.2, 0.25) is 0 Å². The number of hydrogen-bond donors (Lipinski definition) is 1. The molecule has 2 atom stereocenters. The maximum atomic E-state index is 14.6. The maximum Gasteiger partial charge on any atom is 0.414 e. The van der Waals surface area contributed by atoms with Crippen molar-refractivity contribution in [2.24, 2.45) is 0 Å². The standard InChI is InChI=1S/C30H36FN3O6/c1-17-5-11-21-24(33(17)30(37)40-4)12-13-25-28(21)32-27(34(25)19-7-9-20(38-2)10-8-19)16-22(29(35)36)18-6-14-26(39-3)23(31)15-18/h6,12-15,17,19-20,22H,5,7-11,16H2,1-4H3,(H,35,36)/t17-,19?,20?,22?/m0/s1. The molecule has 10 heteroatoms. The van der Waals surface area contributed by atoms with Gasteiger partial charge in [0.05, 0.1) is 43.0 Å². The zero-order valence-corrected chi connectivity index (χ0v) is 23.4. The smallest absolute Gasteiger partial charge is 0.414 e. The molecule has 2 aliphatic rings. The molecule has 9 nitrogen and oxygen atoms in total. The number of rotatable bonds is 7. The highest BCUT2D eigenvalue weighted by Crippen LogP contribution is 2.40. The molecule has 1 unspecified atom stereocenters. The average Bonchev–Trinajstić information content (AvgIpc) is 3.33. The molecule has 1 aromatic heterocycles. The van der Waals surface area contributed by atoms with Crippen molar-refractivity contribution in [3.8, 4) is 5.75 Å². The van der Waals surface area contributed by atoms with E-state index in [4.69, 9.17) is 19.2 Å². The number of carbonyl (C=O) groups is 2. The van der Waals surface area contributed by atoms with Crippen molar-refractivity contribution in [1.82, 2.24) is 9.55 Å². The van der Waals surface area contributed by atoms with Crippen LogP contribution in [0.4, 0.5) is 14.9 Å². The van der Waals surface area contributed by atoms with Crippen molar-refractivity contribution in [1.29, 1.82) is 0 Å². The van der Waals surface area contributed by atoms with Gasteiger partial charge in [-0.1, -0.05) is 6.07 Å². The zero-order chi connectivity index (χ0) is 28.6. The molecule has 5 rings (SSSR count). The summed E-state index contributed by atoms with van der Waals surface area (Å²) in [6.07, 6.45) is 4.89. The van der Waals surface area contributed by atoms with Gasteiger partial charge in [-0.2, -0.15) is 0 Å². The molecule has 1 aliphatic carbocycles. The highest BCUT2D eigenvalue weighted by atomic mass is 19.1. The van der Waals surface area contributed by atoms with E-state index in [1.54, 1.807) is 18.1 Å². The number of fused-ring (bicyclic) bond motifs is 3. The number of benzene rings is 2. The SMILES string of the molecule is COC(=O)N1c2ccc3c(nc(CC(C(=O)O)c4ccc(OC)c(F)c4)n3C3CCC(OC)CC3)c2CC[C@@H]1C. The average molecular weight is 554 g/mol. The summed E-state index contributed by atoms with van der Waals surface area (Å²) >= 11 is 0. The number of aliphatic carboxylic acids is 1. The van der Waals surface area contributed by atoms with Crippen molar-refractivity contribution >= 4 is 28.8 Å². The van der Waals surface area contributed by atoms with E-state index >= 15 is 0 Å². The third-order valence-corrected chi connectivity index (χ3v) is 8.50. The van der Waals surface area contributed by atoms with Gasteiger partial charge >= 0.3 is 12.1 Å². The lowest BCUT2D eigenvalue weighted by molar-refractivity contribution is -0.138. The summed E-state index contributed by atoms with van der Waals surface area (Å²) in [5.41, 5.74) is 3.75.